The number of nitrogens with zero attached hydrogens (tertiary/aromatic N) is 2. The number of allylic oxidation sites excluding steroid dienone is 2. The van der Waals surface area contributed by atoms with Gasteiger partial charge in [-0.05, 0) is 37.5 Å². The monoisotopic (exact) mass is 556 g/mol. The Morgan fingerprint density at radius 2 is 1.49 bits per heavy atom. The van der Waals surface area contributed by atoms with Crippen LogP contribution in [0, 0.1) is 11.8 Å². The molecule has 0 radical (unpaired) electrons. The minimum atomic E-state index is -1.08. The Morgan fingerprint density at radius 3 is 2.03 bits per heavy atom. The zero-order valence-corrected chi connectivity index (χ0v) is 23.4. The lowest BCUT2D eigenvalue weighted by Gasteiger charge is -2.40. The Balaban J connectivity index is 0.000000208. The molecule has 0 aromatic rings. The zero-order valence-electron chi connectivity index (χ0n) is 21.8. The van der Waals surface area contributed by atoms with Crippen molar-refractivity contribution in [3.8, 4) is 0 Å². The molecule has 0 aromatic heterocycles. The third kappa shape index (κ3) is 7.68. The van der Waals surface area contributed by atoms with Gasteiger partial charge >= 0.3 is 5.97 Å². The van der Waals surface area contributed by atoms with E-state index in [0.29, 0.717) is 18.4 Å². The average molecular weight is 557 g/mol. The van der Waals surface area contributed by atoms with Crippen molar-refractivity contribution in [3.05, 3.63) is 25.3 Å². The summed E-state index contributed by atoms with van der Waals surface area (Å²) >= 11 is 3.18. The summed E-state index contributed by atoms with van der Waals surface area (Å²) in [5, 5.41) is 30.7. The maximum absolute atomic E-state index is 11.0. The molecule has 0 saturated carbocycles. The molecule has 0 amide bonds. The summed E-state index contributed by atoms with van der Waals surface area (Å²) < 4.78 is 16.7. The van der Waals surface area contributed by atoms with Gasteiger partial charge in [0.05, 0.1) is 28.8 Å². The quantitative estimate of drug-likeness (QED) is 0.290. The molecular weight excluding hydrogens is 516 g/mol. The topological polar surface area (TPSA) is 130 Å². The van der Waals surface area contributed by atoms with Crippen LogP contribution in [0.25, 0.3) is 0 Å². The highest BCUT2D eigenvalue weighted by Crippen LogP contribution is 2.42. The summed E-state index contributed by atoms with van der Waals surface area (Å²) in [6, 6.07) is -0.207. The van der Waals surface area contributed by atoms with Gasteiger partial charge in [-0.3, -0.25) is 14.8 Å². The van der Waals surface area contributed by atoms with Crippen LogP contribution in [0.3, 0.4) is 0 Å². The van der Waals surface area contributed by atoms with Crippen molar-refractivity contribution in [1.29, 1.82) is 0 Å². The number of esters is 1. The van der Waals surface area contributed by atoms with Gasteiger partial charge in [-0.15, -0.1) is 13.2 Å². The predicted molar refractivity (Wildman–Crippen MR) is 148 cm³/mol. The Hall–Kier alpha value is -1.21. The summed E-state index contributed by atoms with van der Waals surface area (Å²) in [5.74, 6) is 0.513. The van der Waals surface area contributed by atoms with Crippen LogP contribution in [0.5, 0.6) is 0 Å². The summed E-state index contributed by atoms with van der Waals surface area (Å²) in [4.78, 5) is 20.1. The first kappa shape index (κ1) is 30.3. The first-order valence-corrected chi connectivity index (χ1v) is 14.6. The number of ether oxygens (including phenoxy) is 3. The number of rotatable bonds is 9. The predicted octanol–water partition coefficient (Wildman–Crippen LogP) is 2.93. The van der Waals surface area contributed by atoms with E-state index in [0.717, 1.165) is 35.8 Å². The van der Waals surface area contributed by atoms with Crippen LogP contribution in [-0.2, 0) is 19.0 Å². The molecule has 2 saturated heterocycles. The van der Waals surface area contributed by atoms with E-state index in [4.69, 9.17) is 24.3 Å². The van der Waals surface area contributed by atoms with Crippen LogP contribution in [0.15, 0.2) is 35.3 Å². The van der Waals surface area contributed by atoms with Gasteiger partial charge in [0.1, 0.15) is 41.8 Å². The lowest BCUT2D eigenvalue weighted by atomic mass is 9.83. The minimum Gasteiger partial charge on any atom is -0.463 e. The second-order valence-electron chi connectivity index (χ2n) is 9.69. The lowest BCUT2D eigenvalue weighted by Crippen LogP contribution is -2.55. The van der Waals surface area contributed by atoms with Crippen LogP contribution >= 0.6 is 23.5 Å². The van der Waals surface area contributed by atoms with Gasteiger partial charge in [0.15, 0.2) is 0 Å². The van der Waals surface area contributed by atoms with Gasteiger partial charge in [0, 0.05) is 6.92 Å². The van der Waals surface area contributed by atoms with E-state index in [1.54, 1.807) is 11.8 Å². The van der Waals surface area contributed by atoms with Crippen molar-refractivity contribution in [3.63, 3.8) is 0 Å². The van der Waals surface area contributed by atoms with Gasteiger partial charge in [-0.25, -0.2) is 0 Å². The van der Waals surface area contributed by atoms with E-state index >= 15 is 0 Å². The fourth-order valence-corrected chi connectivity index (χ4v) is 7.18. The summed E-state index contributed by atoms with van der Waals surface area (Å²) in [7, 11) is 0. The lowest BCUT2D eigenvalue weighted by molar-refractivity contribution is -0.164. The summed E-state index contributed by atoms with van der Waals surface area (Å²) in [6.45, 7) is 13.2. The average Bonchev–Trinajstić information content (AvgIpc) is 3.49. The highest BCUT2D eigenvalue weighted by Gasteiger charge is 2.48. The number of aliphatic hydroxyl groups excluding tert-OH is 3. The maximum Gasteiger partial charge on any atom is 0.302 e. The van der Waals surface area contributed by atoms with E-state index in [1.165, 1.54) is 18.7 Å². The second-order valence-corrected chi connectivity index (χ2v) is 12.0. The molecule has 3 N–H and O–H groups in total. The number of aliphatic hydroxyl groups is 3. The first-order chi connectivity index (χ1) is 17.7. The third-order valence-electron chi connectivity index (χ3n) is 7.06. The van der Waals surface area contributed by atoms with E-state index < -0.39 is 24.4 Å². The molecule has 4 heterocycles. The SMILES string of the molecule is C=CCCC1=N[C@@H]2[C@@H](C)[C@H](C)[C@@H](COC(C)=O)O[C@@H]2S1.C=CCCC1=N[C@@H]2[C@@H](O)[C@H](O)[C@@H](CO)O[C@@H]2S1. The molecule has 0 spiro atoms. The fraction of sp³-hybridized carbons (Fsp3) is 0.731. The molecule has 4 rings (SSSR count). The van der Waals surface area contributed by atoms with Crippen LogP contribution in [0.1, 0.15) is 46.5 Å². The normalized spacial score (nSPS) is 38.3. The largest absolute Gasteiger partial charge is 0.463 e. The second kappa shape index (κ2) is 14.3. The van der Waals surface area contributed by atoms with Crippen molar-refractivity contribution < 1.29 is 34.3 Å². The molecule has 0 bridgehead atoms. The molecule has 10 atom stereocenters. The van der Waals surface area contributed by atoms with E-state index in [1.807, 2.05) is 12.2 Å². The van der Waals surface area contributed by atoms with Gasteiger partial charge in [-0.2, -0.15) is 0 Å². The molecule has 4 aliphatic rings. The van der Waals surface area contributed by atoms with E-state index in [9.17, 15) is 15.0 Å². The summed E-state index contributed by atoms with van der Waals surface area (Å²) in [6.07, 6.45) is 4.42. The van der Waals surface area contributed by atoms with Crippen LogP contribution in [0.4, 0.5) is 0 Å². The molecule has 37 heavy (non-hydrogen) atoms. The van der Waals surface area contributed by atoms with Crippen LogP contribution < -0.4 is 0 Å². The molecule has 208 valence electrons. The van der Waals surface area contributed by atoms with E-state index in [-0.39, 0.29) is 35.6 Å². The van der Waals surface area contributed by atoms with Gasteiger partial charge in [0.2, 0.25) is 0 Å². The molecule has 0 aromatic carbocycles. The number of aliphatic imine (C=N–C) groups is 2. The van der Waals surface area contributed by atoms with Gasteiger partial charge < -0.3 is 29.5 Å². The van der Waals surface area contributed by atoms with Crippen molar-refractivity contribution >= 4 is 39.6 Å². The number of carbonyl (C=O) groups excluding carboxylic acids is 1. The first-order valence-electron chi connectivity index (χ1n) is 12.8. The van der Waals surface area contributed by atoms with Gasteiger partial charge in [-0.1, -0.05) is 49.5 Å². The van der Waals surface area contributed by atoms with Crippen molar-refractivity contribution in [2.24, 2.45) is 21.8 Å². The molecule has 11 heteroatoms. The van der Waals surface area contributed by atoms with Crippen LogP contribution in [-0.4, -0.2) is 92.0 Å². The zero-order chi connectivity index (χ0) is 27.1. The third-order valence-corrected chi connectivity index (χ3v) is 9.46. The van der Waals surface area contributed by atoms with Gasteiger partial charge in [0.25, 0.3) is 0 Å². The molecule has 0 unspecified atom stereocenters. The number of thioether (sulfide) groups is 2. The maximum atomic E-state index is 11.0. The molecule has 2 fully saturated rings. The highest BCUT2D eigenvalue weighted by atomic mass is 32.2. The molecule has 9 nitrogen and oxygen atoms in total. The molecule has 4 aliphatic heterocycles. The number of carbonyl (C=O) groups is 1. The molecule has 0 aliphatic carbocycles. The number of fused-ring (bicyclic) bond motifs is 2. The summed E-state index contributed by atoms with van der Waals surface area (Å²) in [5.41, 5.74) is -0.230. The Kier molecular flexibility index (Phi) is 11.7. The van der Waals surface area contributed by atoms with Crippen LogP contribution in [0.2, 0.25) is 0 Å². The smallest absolute Gasteiger partial charge is 0.302 e. The van der Waals surface area contributed by atoms with Crippen molar-refractivity contribution in [2.45, 2.75) is 93.8 Å². The van der Waals surface area contributed by atoms with Crippen molar-refractivity contribution in [2.75, 3.05) is 13.2 Å². The fourth-order valence-electron chi connectivity index (χ4n) is 4.60. The molecular formula is C26H40N2O7S2. The Morgan fingerprint density at radius 1 is 0.946 bits per heavy atom. The number of hydrogen-bond acceptors (Lipinski definition) is 11. The van der Waals surface area contributed by atoms with Crippen molar-refractivity contribution in [1.82, 2.24) is 0 Å². The Bertz CT molecular complexity index is 870. The van der Waals surface area contributed by atoms with E-state index in [2.05, 4.69) is 32.0 Å². The Labute approximate surface area is 227 Å². The highest BCUT2D eigenvalue weighted by molar-refractivity contribution is 8.14. The standard InChI is InChI=1S/C15H23NO3S.C11H17NO4S/c1-5-6-7-13-16-14-10(3)9(2)12(8-18-11(4)17)19-15(14)20-13;1-2-3-4-7-12-8-10(15)9(14)6(5-13)16-11(8)17-7/h5,9-10,12,14-15H,1,6-8H2,2-4H3;2,6,8-11,13-15H,1,3-5H2/t9-,10-,12+,14+,15+;6-,8-,9-,10-,11-/m01/s1. The minimum absolute atomic E-state index is 0.0309. The number of hydrogen-bond donors (Lipinski definition) is 3.